The number of nitrogens with zero attached hydrogens (tertiary/aromatic N) is 3. The Bertz CT molecular complexity index is 302. The zero-order valence-electron chi connectivity index (χ0n) is 7.21. The molecule has 1 aromatic rings. The molecule has 0 saturated heterocycles. The minimum Gasteiger partial charge on any atom is -0.356 e. The first-order valence-electron chi connectivity index (χ1n) is 3.67. The lowest BCUT2D eigenvalue weighted by atomic mass is 10.5. The fourth-order valence-electron chi connectivity index (χ4n) is 0.678. The lowest BCUT2D eigenvalue weighted by Crippen LogP contribution is -2.26. The molecule has 78 valence electrons. The largest absolute Gasteiger partial charge is 0.356 e. The average molecular weight is 218 g/mol. The molecule has 0 unspecified atom stereocenters. The van der Waals surface area contributed by atoms with Gasteiger partial charge in [0.1, 0.15) is 6.33 Å². The second-order valence-corrected chi connectivity index (χ2v) is 3.27. The molecular weight excluding hydrogens is 208 g/mol. The van der Waals surface area contributed by atoms with Crippen molar-refractivity contribution in [1.29, 1.82) is 0 Å². The monoisotopic (exact) mass is 218 g/mol. The van der Waals surface area contributed by atoms with E-state index in [9.17, 15) is 4.79 Å². The van der Waals surface area contributed by atoms with Crippen molar-refractivity contribution in [1.82, 2.24) is 20.5 Å². The first-order chi connectivity index (χ1) is 6.74. The summed E-state index contributed by atoms with van der Waals surface area (Å²) in [5.74, 6) is 10.3. The normalized spacial score (nSPS) is 10.1. The molecule has 1 rings (SSSR count). The number of nitrogens with one attached hydrogen (secondary N) is 1. The third-order valence-electron chi connectivity index (χ3n) is 1.25. The van der Waals surface area contributed by atoms with Crippen LogP contribution in [0.3, 0.4) is 0 Å². The Morgan fingerprint density at radius 2 is 2.57 bits per heavy atom. The van der Waals surface area contributed by atoms with E-state index < -0.39 is 5.97 Å². The third kappa shape index (κ3) is 3.20. The highest BCUT2D eigenvalue weighted by Gasteiger charge is 2.05. The van der Waals surface area contributed by atoms with Gasteiger partial charge in [0.25, 0.3) is 0 Å². The average Bonchev–Trinajstić information content (AvgIpc) is 2.52. The molecule has 0 aromatic carbocycles. The highest BCUT2D eigenvalue weighted by molar-refractivity contribution is 7.99. The van der Waals surface area contributed by atoms with Crippen molar-refractivity contribution in [2.24, 2.45) is 5.84 Å². The number of carbonyl (C=O) groups excluding carboxylic acids is 1. The van der Waals surface area contributed by atoms with E-state index in [4.69, 9.17) is 11.7 Å². The summed E-state index contributed by atoms with van der Waals surface area (Å²) in [7, 11) is 0. The van der Waals surface area contributed by atoms with Crippen LogP contribution in [0.25, 0.3) is 0 Å². The van der Waals surface area contributed by atoms with Crippen LogP contribution < -0.4 is 17.3 Å². The summed E-state index contributed by atoms with van der Waals surface area (Å²) in [6.45, 7) is 0. The van der Waals surface area contributed by atoms with E-state index in [0.29, 0.717) is 10.9 Å². The second-order valence-electron chi connectivity index (χ2n) is 2.21. The quantitative estimate of drug-likeness (QED) is 0.307. The maximum Gasteiger partial charge on any atom is 0.327 e. The predicted octanol–water partition coefficient (Wildman–Crippen LogP) is -1.60. The molecule has 0 saturated carbocycles. The van der Waals surface area contributed by atoms with Gasteiger partial charge < -0.3 is 10.7 Å². The summed E-state index contributed by atoms with van der Waals surface area (Å²) in [5.41, 5.74) is 1.81. The Morgan fingerprint density at radius 1 is 1.79 bits per heavy atom. The summed E-state index contributed by atoms with van der Waals surface area (Å²) in [4.78, 5) is 15.1. The predicted molar refractivity (Wildman–Crippen MR) is 48.9 cm³/mol. The Morgan fingerprint density at radius 3 is 3.14 bits per heavy atom. The number of nitrogen functional groups attached to an aromatic ring is 1. The molecule has 0 spiro atoms. The van der Waals surface area contributed by atoms with Crippen molar-refractivity contribution >= 4 is 17.7 Å². The molecule has 9 heteroatoms. The maximum absolute atomic E-state index is 10.8. The molecule has 0 fully saturated rings. The Kier molecular flexibility index (Phi) is 4.16. The lowest BCUT2D eigenvalue weighted by Gasteiger charge is -2.00. The van der Waals surface area contributed by atoms with Gasteiger partial charge in [-0.25, -0.2) is 10.5 Å². The van der Waals surface area contributed by atoms with Gasteiger partial charge in [-0.2, -0.15) is 0 Å². The summed E-state index contributed by atoms with van der Waals surface area (Å²) in [6.07, 6.45) is 1.59. The Balaban J connectivity index is 2.22. The zero-order valence-corrected chi connectivity index (χ0v) is 8.03. The number of rotatable bonds is 5. The van der Waals surface area contributed by atoms with E-state index in [1.54, 1.807) is 5.59 Å². The minimum absolute atomic E-state index is 0.210. The number of aromatic nitrogens is 3. The molecule has 0 aliphatic heterocycles. The number of carbonyl (C=O) groups is 1. The summed E-state index contributed by atoms with van der Waals surface area (Å²) in [5, 5.41) is 7.83. The van der Waals surface area contributed by atoms with Crippen molar-refractivity contribution in [2.75, 3.05) is 11.6 Å². The van der Waals surface area contributed by atoms with Crippen molar-refractivity contribution in [3.8, 4) is 0 Å². The number of thioether (sulfide) groups is 1. The van der Waals surface area contributed by atoms with Crippen molar-refractivity contribution in [2.45, 2.75) is 11.6 Å². The number of nitrogens with two attached hydrogens (primary N) is 2. The van der Waals surface area contributed by atoms with Gasteiger partial charge in [-0.15, -0.1) is 10.2 Å². The van der Waals surface area contributed by atoms with Crippen LogP contribution in [0.2, 0.25) is 0 Å². The third-order valence-corrected chi connectivity index (χ3v) is 2.21. The van der Waals surface area contributed by atoms with Crippen LogP contribution in [0.5, 0.6) is 0 Å². The molecule has 0 amide bonds. The van der Waals surface area contributed by atoms with Crippen LogP contribution in [0, 0.1) is 0 Å². The molecule has 0 atom stereocenters. The molecule has 0 bridgehead atoms. The highest BCUT2D eigenvalue weighted by Crippen LogP contribution is 2.13. The van der Waals surface area contributed by atoms with Crippen LogP contribution in [-0.2, 0) is 9.63 Å². The molecule has 5 N–H and O–H groups in total. The minimum atomic E-state index is -0.442. The first-order valence-corrected chi connectivity index (χ1v) is 4.65. The van der Waals surface area contributed by atoms with E-state index in [0.717, 1.165) is 0 Å². The molecule has 8 nitrogen and oxygen atoms in total. The van der Waals surface area contributed by atoms with Crippen LogP contribution in [0.1, 0.15) is 6.42 Å². The van der Waals surface area contributed by atoms with E-state index in [1.807, 2.05) is 0 Å². The van der Waals surface area contributed by atoms with Gasteiger partial charge in [-0.1, -0.05) is 17.4 Å². The SMILES string of the molecule is NNOC(=O)CCSc1nncn1N. The van der Waals surface area contributed by atoms with E-state index in [2.05, 4.69) is 15.0 Å². The topological polar surface area (TPSA) is 121 Å². The molecule has 0 aliphatic rings. The zero-order chi connectivity index (χ0) is 10.4. The molecular formula is C5H10N6O2S. The van der Waals surface area contributed by atoms with Crippen LogP contribution in [0.15, 0.2) is 11.5 Å². The van der Waals surface area contributed by atoms with Crippen LogP contribution >= 0.6 is 11.8 Å². The van der Waals surface area contributed by atoms with Crippen molar-refractivity contribution in [3.05, 3.63) is 6.33 Å². The van der Waals surface area contributed by atoms with Gasteiger partial charge in [-0.05, 0) is 0 Å². The number of hydrogen-bond acceptors (Lipinski definition) is 8. The maximum atomic E-state index is 10.8. The smallest absolute Gasteiger partial charge is 0.327 e. The molecule has 1 heterocycles. The standard InChI is InChI=1S/C5H10N6O2S/c6-10-13-4(12)1-2-14-5-9-8-3-11(5)7/h3,10H,1-2,6-7H2. The van der Waals surface area contributed by atoms with E-state index in [-0.39, 0.29) is 6.42 Å². The summed E-state index contributed by atoms with van der Waals surface area (Å²) < 4.78 is 1.27. The first kappa shape index (κ1) is 10.8. The van der Waals surface area contributed by atoms with E-state index in [1.165, 1.54) is 22.8 Å². The van der Waals surface area contributed by atoms with Gasteiger partial charge in [0.2, 0.25) is 5.16 Å². The van der Waals surface area contributed by atoms with Crippen LogP contribution in [-0.4, -0.2) is 26.6 Å². The van der Waals surface area contributed by atoms with Crippen molar-refractivity contribution in [3.63, 3.8) is 0 Å². The Hall–Kier alpha value is -1.32. The van der Waals surface area contributed by atoms with Crippen molar-refractivity contribution < 1.29 is 9.63 Å². The van der Waals surface area contributed by atoms with Gasteiger partial charge in [0, 0.05) is 5.75 Å². The number of hydrazine groups is 1. The second kappa shape index (κ2) is 5.42. The summed E-state index contributed by atoms with van der Waals surface area (Å²) in [6, 6.07) is 0. The van der Waals surface area contributed by atoms with E-state index >= 15 is 0 Å². The fourth-order valence-corrected chi connectivity index (χ4v) is 1.43. The Labute approximate surface area is 83.9 Å². The fraction of sp³-hybridized carbons (Fsp3) is 0.400. The molecule has 14 heavy (non-hydrogen) atoms. The van der Waals surface area contributed by atoms with Crippen LogP contribution in [0.4, 0.5) is 0 Å². The van der Waals surface area contributed by atoms with Gasteiger partial charge in [0.05, 0.1) is 6.42 Å². The highest BCUT2D eigenvalue weighted by atomic mass is 32.2. The van der Waals surface area contributed by atoms with Gasteiger partial charge in [-0.3, -0.25) is 4.79 Å². The van der Waals surface area contributed by atoms with Gasteiger partial charge >= 0.3 is 5.97 Å². The number of hydrogen-bond donors (Lipinski definition) is 3. The lowest BCUT2D eigenvalue weighted by molar-refractivity contribution is -0.150. The van der Waals surface area contributed by atoms with Gasteiger partial charge in [0.15, 0.2) is 0 Å². The molecule has 0 aliphatic carbocycles. The molecule has 1 aromatic heterocycles. The summed E-state index contributed by atoms with van der Waals surface area (Å²) >= 11 is 1.30. The molecule has 0 radical (unpaired) electrons.